The Morgan fingerprint density at radius 1 is 1.00 bits per heavy atom. The Morgan fingerprint density at radius 2 is 1.78 bits per heavy atom. The van der Waals surface area contributed by atoms with Crippen molar-refractivity contribution in [3.63, 3.8) is 0 Å². The van der Waals surface area contributed by atoms with Crippen molar-refractivity contribution in [1.29, 1.82) is 0 Å². The largest absolute Gasteiger partial charge is 0.353 e. The van der Waals surface area contributed by atoms with Gasteiger partial charge in [0.2, 0.25) is 5.91 Å². The number of rotatable bonds is 2. The Labute approximate surface area is 109 Å². The monoisotopic (exact) mass is 248 g/mol. The maximum Gasteiger partial charge on any atom is 0.223 e. The summed E-state index contributed by atoms with van der Waals surface area (Å²) in [7, 11) is 0. The lowest BCUT2D eigenvalue weighted by molar-refractivity contribution is -0.124. The summed E-state index contributed by atoms with van der Waals surface area (Å²) < 4.78 is 0. The number of amides is 1. The average molecular weight is 248 g/mol. The van der Waals surface area contributed by atoms with E-state index in [-0.39, 0.29) is 0 Å². The summed E-state index contributed by atoms with van der Waals surface area (Å²) in [5.74, 6) is 4.02. The van der Waals surface area contributed by atoms with Crippen LogP contribution in [0.2, 0.25) is 0 Å². The maximum absolute atomic E-state index is 12.3. The van der Waals surface area contributed by atoms with Gasteiger partial charge in [-0.1, -0.05) is 6.42 Å². The molecule has 4 rings (SSSR count). The Balaban J connectivity index is 1.31. The molecule has 3 nitrogen and oxygen atoms in total. The first-order valence-corrected chi connectivity index (χ1v) is 7.84. The van der Waals surface area contributed by atoms with Crippen LogP contribution < -0.4 is 10.6 Å². The molecular weight excluding hydrogens is 224 g/mol. The van der Waals surface area contributed by atoms with Gasteiger partial charge in [-0.25, -0.2) is 0 Å². The third-order valence-electron chi connectivity index (χ3n) is 6.01. The molecule has 0 aromatic heterocycles. The van der Waals surface area contributed by atoms with Gasteiger partial charge in [0.25, 0.3) is 0 Å². The van der Waals surface area contributed by atoms with Crippen molar-refractivity contribution >= 4 is 5.91 Å². The van der Waals surface area contributed by atoms with E-state index in [2.05, 4.69) is 10.6 Å². The summed E-state index contributed by atoms with van der Waals surface area (Å²) in [6.45, 7) is 2.38. The Bertz CT molecular complexity index is 346. The normalized spacial score (nSPS) is 49.6. The van der Waals surface area contributed by atoms with E-state index in [0.717, 1.165) is 23.7 Å². The number of fused-ring (bicyclic) bond motifs is 2. The van der Waals surface area contributed by atoms with Crippen molar-refractivity contribution in [2.75, 3.05) is 13.1 Å². The van der Waals surface area contributed by atoms with E-state index < -0.39 is 0 Å². The first kappa shape index (κ1) is 11.3. The van der Waals surface area contributed by atoms with Crippen LogP contribution in [-0.2, 0) is 4.79 Å². The highest BCUT2D eigenvalue weighted by atomic mass is 16.2. The second-order valence-electron chi connectivity index (χ2n) is 6.98. The lowest BCUT2D eigenvalue weighted by Crippen LogP contribution is -2.41. The van der Waals surface area contributed by atoms with Crippen molar-refractivity contribution in [2.45, 2.75) is 44.6 Å². The fourth-order valence-electron chi connectivity index (χ4n) is 4.94. The molecule has 4 aliphatic rings. The molecule has 0 radical (unpaired) electrons. The second-order valence-corrected chi connectivity index (χ2v) is 6.98. The summed E-state index contributed by atoms with van der Waals surface area (Å²) in [4.78, 5) is 12.3. The topological polar surface area (TPSA) is 41.1 Å². The standard InChI is InChI=1S/C15H24N2O/c18-15(14-12-2-1-3-13(12)14)17-11-5-4-9-7-16-8-10(9)6-11/h9-14,16H,1-8H2,(H,17,18)/t9-,10+,11?,12?,13?,14?/m0/s1. The molecule has 1 heterocycles. The molecule has 3 heteroatoms. The summed E-state index contributed by atoms with van der Waals surface area (Å²) >= 11 is 0. The molecule has 1 aliphatic heterocycles. The highest BCUT2D eigenvalue weighted by Gasteiger charge is 2.56. The van der Waals surface area contributed by atoms with Gasteiger partial charge in [-0.05, 0) is 68.9 Å². The first-order chi connectivity index (χ1) is 8.83. The number of carbonyl (C=O) groups excluding carboxylic acids is 1. The molecule has 1 saturated heterocycles. The second kappa shape index (κ2) is 4.22. The molecule has 18 heavy (non-hydrogen) atoms. The van der Waals surface area contributed by atoms with Crippen LogP contribution >= 0.6 is 0 Å². The van der Waals surface area contributed by atoms with Gasteiger partial charge in [-0.15, -0.1) is 0 Å². The van der Waals surface area contributed by atoms with Crippen LogP contribution in [-0.4, -0.2) is 25.0 Å². The molecule has 5 atom stereocenters. The average Bonchev–Trinajstić information content (AvgIpc) is 2.78. The third kappa shape index (κ3) is 1.78. The predicted molar refractivity (Wildman–Crippen MR) is 70.0 cm³/mol. The van der Waals surface area contributed by atoms with E-state index in [0.29, 0.717) is 17.9 Å². The summed E-state index contributed by atoms with van der Waals surface area (Å²) in [5.41, 5.74) is 0. The van der Waals surface area contributed by atoms with Gasteiger partial charge in [0.1, 0.15) is 0 Å². The summed E-state index contributed by atoms with van der Waals surface area (Å²) in [5, 5.41) is 6.85. The molecule has 100 valence electrons. The van der Waals surface area contributed by atoms with Gasteiger partial charge in [0, 0.05) is 12.0 Å². The molecule has 0 bridgehead atoms. The van der Waals surface area contributed by atoms with Crippen molar-refractivity contribution in [1.82, 2.24) is 10.6 Å². The van der Waals surface area contributed by atoms with Gasteiger partial charge < -0.3 is 10.6 Å². The van der Waals surface area contributed by atoms with Gasteiger partial charge in [-0.3, -0.25) is 4.79 Å². The van der Waals surface area contributed by atoms with Crippen LogP contribution in [0.5, 0.6) is 0 Å². The van der Waals surface area contributed by atoms with Crippen molar-refractivity contribution in [2.24, 2.45) is 29.6 Å². The number of hydrogen-bond donors (Lipinski definition) is 2. The van der Waals surface area contributed by atoms with E-state index in [1.54, 1.807) is 0 Å². The third-order valence-corrected chi connectivity index (χ3v) is 6.01. The molecule has 0 aromatic rings. The lowest BCUT2D eigenvalue weighted by Gasteiger charge is -2.31. The zero-order chi connectivity index (χ0) is 12.1. The molecule has 3 aliphatic carbocycles. The van der Waals surface area contributed by atoms with E-state index in [1.807, 2.05) is 0 Å². The van der Waals surface area contributed by atoms with Gasteiger partial charge in [0.15, 0.2) is 0 Å². The summed E-state index contributed by atoms with van der Waals surface area (Å²) in [6.07, 6.45) is 7.70. The van der Waals surface area contributed by atoms with Gasteiger partial charge in [-0.2, -0.15) is 0 Å². The van der Waals surface area contributed by atoms with Crippen LogP contribution in [0.15, 0.2) is 0 Å². The zero-order valence-electron chi connectivity index (χ0n) is 11.0. The van der Waals surface area contributed by atoms with E-state index in [1.165, 1.54) is 51.6 Å². The molecule has 4 fully saturated rings. The van der Waals surface area contributed by atoms with E-state index in [4.69, 9.17) is 0 Å². The smallest absolute Gasteiger partial charge is 0.223 e. The van der Waals surface area contributed by atoms with Crippen LogP contribution in [0.25, 0.3) is 0 Å². The lowest BCUT2D eigenvalue weighted by atomic mass is 9.79. The zero-order valence-corrected chi connectivity index (χ0v) is 11.0. The SMILES string of the molecule is O=C(NC1CC[C@H]2CNC[C@H]2C1)C1C2CCCC21. The Kier molecular flexibility index (Phi) is 2.65. The van der Waals surface area contributed by atoms with Crippen molar-refractivity contribution < 1.29 is 4.79 Å². The van der Waals surface area contributed by atoms with Crippen LogP contribution in [0.3, 0.4) is 0 Å². The maximum atomic E-state index is 12.3. The number of carbonyl (C=O) groups is 1. The fourth-order valence-corrected chi connectivity index (χ4v) is 4.94. The number of hydrogen-bond acceptors (Lipinski definition) is 2. The Hall–Kier alpha value is -0.570. The highest BCUT2D eigenvalue weighted by molar-refractivity contribution is 5.82. The van der Waals surface area contributed by atoms with E-state index >= 15 is 0 Å². The molecule has 0 aromatic carbocycles. The quantitative estimate of drug-likeness (QED) is 0.778. The minimum absolute atomic E-state index is 0.388. The van der Waals surface area contributed by atoms with Gasteiger partial charge >= 0.3 is 0 Å². The fraction of sp³-hybridized carbons (Fsp3) is 0.933. The van der Waals surface area contributed by atoms with E-state index in [9.17, 15) is 4.79 Å². The molecule has 1 amide bonds. The number of nitrogens with one attached hydrogen (secondary N) is 2. The Morgan fingerprint density at radius 3 is 2.61 bits per heavy atom. The predicted octanol–water partition coefficient (Wildman–Crippen LogP) is 1.54. The van der Waals surface area contributed by atoms with Crippen molar-refractivity contribution in [3.05, 3.63) is 0 Å². The first-order valence-electron chi connectivity index (χ1n) is 7.84. The molecular formula is C15H24N2O. The van der Waals surface area contributed by atoms with Crippen LogP contribution in [0.4, 0.5) is 0 Å². The molecule has 3 unspecified atom stereocenters. The van der Waals surface area contributed by atoms with Gasteiger partial charge in [0.05, 0.1) is 0 Å². The molecule has 2 N–H and O–H groups in total. The molecule has 0 spiro atoms. The summed E-state index contributed by atoms with van der Waals surface area (Å²) in [6, 6.07) is 0.472. The van der Waals surface area contributed by atoms with Crippen molar-refractivity contribution in [3.8, 4) is 0 Å². The van der Waals surface area contributed by atoms with Crippen LogP contribution in [0.1, 0.15) is 38.5 Å². The highest BCUT2D eigenvalue weighted by Crippen LogP contribution is 2.57. The minimum Gasteiger partial charge on any atom is -0.353 e. The minimum atomic E-state index is 0.388. The van der Waals surface area contributed by atoms with Crippen LogP contribution in [0, 0.1) is 29.6 Å². The molecule has 3 saturated carbocycles.